The Balaban J connectivity index is 2.63. The summed E-state index contributed by atoms with van der Waals surface area (Å²) < 4.78 is 6.96. The number of rotatable bonds is 0. The number of hydrogen-bond donors (Lipinski definition) is 0. The Bertz CT molecular complexity index is 709. The quantitative estimate of drug-likeness (QED) is 0.574. The molecule has 0 aromatic heterocycles. The largest absolute Gasteiger partial charge is 0.460 e. The van der Waals surface area contributed by atoms with Crippen molar-refractivity contribution >= 4 is 11.0 Å². The first kappa shape index (κ1) is 9.15. The number of fused-ring (bicyclic) bond motifs is 3. The maximum atomic E-state index is 11.8. The van der Waals surface area contributed by atoms with Crippen molar-refractivity contribution in [2.24, 2.45) is 7.05 Å². The van der Waals surface area contributed by atoms with Crippen LogP contribution in [0.4, 0.5) is 0 Å². The molecular weight excluding hydrogens is 204 g/mol. The Morgan fingerprint density at radius 1 is 1.31 bits per heavy atom. The molecule has 0 radical (unpaired) electrons. The van der Waals surface area contributed by atoms with Gasteiger partial charge in [-0.15, -0.1) is 0 Å². The second kappa shape index (κ2) is 2.95. The molecule has 0 saturated heterocycles. The highest BCUT2D eigenvalue weighted by molar-refractivity contribution is 5.92. The number of nitrogens with zero attached hydrogens (tertiary/aromatic N) is 2. The molecule has 16 heavy (non-hydrogen) atoms. The van der Waals surface area contributed by atoms with Gasteiger partial charge in [0.15, 0.2) is 0 Å². The van der Waals surface area contributed by atoms with E-state index in [2.05, 4.69) is 5.10 Å². The molecule has 0 fully saturated rings. The van der Waals surface area contributed by atoms with Crippen molar-refractivity contribution in [2.75, 3.05) is 0 Å². The van der Waals surface area contributed by atoms with Crippen molar-refractivity contribution in [3.05, 3.63) is 40.4 Å². The molecule has 0 saturated carbocycles. The van der Waals surface area contributed by atoms with E-state index in [0.717, 1.165) is 11.0 Å². The molecule has 0 bridgehead atoms. The molecule has 2 aliphatic rings. The van der Waals surface area contributed by atoms with Gasteiger partial charge in [0, 0.05) is 12.4 Å². The Labute approximate surface area is 91.5 Å². The third-order valence-electron chi connectivity index (χ3n) is 2.75. The fourth-order valence-corrected chi connectivity index (χ4v) is 1.98. The van der Waals surface area contributed by atoms with Crippen LogP contribution in [0.1, 0.15) is 5.76 Å². The second-order valence-electron chi connectivity index (χ2n) is 3.81. The van der Waals surface area contributed by atoms with Crippen LogP contribution in [0, 0.1) is 6.92 Å². The molecule has 1 aromatic rings. The lowest BCUT2D eigenvalue weighted by Gasteiger charge is -2.04. The van der Waals surface area contributed by atoms with Crippen LogP contribution in [0.3, 0.4) is 0 Å². The molecule has 2 heterocycles. The topological polar surface area (TPSA) is 48.0 Å². The zero-order valence-electron chi connectivity index (χ0n) is 9.02. The fraction of sp³-hybridized carbons (Fsp3) is 0.167. The lowest BCUT2D eigenvalue weighted by Crippen LogP contribution is -2.12. The van der Waals surface area contributed by atoms with Gasteiger partial charge in [0.05, 0.1) is 0 Å². The molecule has 0 unspecified atom stereocenters. The van der Waals surface area contributed by atoms with E-state index in [4.69, 9.17) is 4.42 Å². The summed E-state index contributed by atoms with van der Waals surface area (Å²) in [5, 5.41) is 5.12. The molecule has 1 aromatic carbocycles. The van der Waals surface area contributed by atoms with Gasteiger partial charge in [-0.05, 0) is 19.1 Å². The minimum atomic E-state index is -0.109. The van der Waals surface area contributed by atoms with Crippen LogP contribution in [-0.4, -0.2) is 9.78 Å². The molecule has 0 N–H and O–H groups in total. The van der Waals surface area contributed by atoms with E-state index in [1.54, 1.807) is 14.0 Å². The van der Waals surface area contributed by atoms with Crippen LogP contribution in [0.2, 0.25) is 0 Å². The van der Waals surface area contributed by atoms with Gasteiger partial charge in [-0.3, -0.25) is 4.79 Å². The summed E-state index contributed by atoms with van der Waals surface area (Å²) in [6, 6.07) is 7.60. The first-order valence-electron chi connectivity index (χ1n) is 5.03. The molecule has 2 aliphatic heterocycles. The van der Waals surface area contributed by atoms with Crippen molar-refractivity contribution in [3.63, 3.8) is 0 Å². The third kappa shape index (κ3) is 1.04. The summed E-state index contributed by atoms with van der Waals surface area (Å²) in [4.78, 5) is 11.8. The first-order chi connectivity index (χ1) is 7.68. The molecule has 0 spiro atoms. The van der Waals surface area contributed by atoms with E-state index in [-0.39, 0.29) is 5.56 Å². The average molecular weight is 214 g/mol. The summed E-state index contributed by atoms with van der Waals surface area (Å²) in [5.74, 6) is 0.617. The molecule has 4 heteroatoms. The van der Waals surface area contributed by atoms with Gasteiger partial charge < -0.3 is 4.42 Å². The van der Waals surface area contributed by atoms with Gasteiger partial charge >= 0.3 is 0 Å². The van der Waals surface area contributed by atoms with Crippen LogP contribution in [0.25, 0.3) is 22.2 Å². The molecule has 80 valence electrons. The normalized spacial score (nSPS) is 11.4. The highest BCUT2D eigenvalue weighted by Crippen LogP contribution is 2.29. The van der Waals surface area contributed by atoms with E-state index in [0.29, 0.717) is 17.0 Å². The average Bonchev–Trinajstić information content (AvgIpc) is 2.57. The summed E-state index contributed by atoms with van der Waals surface area (Å²) in [6.07, 6.45) is 0. The van der Waals surface area contributed by atoms with E-state index >= 15 is 0 Å². The monoisotopic (exact) mass is 214 g/mol. The maximum Gasteiger partial charge on any atom is 0.279 e. The van der Waals surface area contributed by atoms with Crippen molar-refractivity contribution in [2.45, 2.75) is 6.92 Å². The van der Waals surface area contributed by atoms with Crippen molar-refractivity contribution in [1.29, 1.82) is 0 Å². The lowest BCUT2D eigenvalue weighted by molar-refractivity contribution is 0.567. The predicted octanol–water partition coefficient (Wildman–Crippen LogP) is 1.94. The zero-order chi connectivity index (χ0) is 11.3. The van der Waals surface area contributed by atoms with Gasteiger partial charge in [0.2, 0.25) is 0 Å². The standard InChI is InChI=1S/C12H10N2O2/c1-7-10-11(13-14(2)12(10)15)8-5-3-4-6-9(8)16-7/h3-6H,1-2H3. The molecular formula is C12H10N2O2. The Morgan fingerprint density at radius 2 is 2.06 bits per heavy atom. The summed E-state index contributed by atoms with van der Waals surface area (Å²) >= 11 is 0. The number of aromatic nitrogens is 2. The van der Waals surface area contributed by atoms with Crippen molar-refractivity contribution < 1.29 is 4.42 Å². The summed E-state index contributed by atoms with van der Waals surface area (Å²) in [7, 11) is 1.65. The van der Waals surface area contributed by atoms with E-state index in [1.807, 2.05) is 24.3 Å². The highest BCUT2D eigenvalue weighted by Gasteiger charge is 2.20. The number of para-hydroxylation sites is 1. The SMILES string of the molecule is Cc1oc2ccccc2c2nn(C)c(=O)c1-2. The number of aryl methyl sites for hydroxylation is 2. The van der Waals surface area contributed by atoms with Gasteiger partial charge in [-0.2, -0.15) is 5.10 Å². The van der Waals surface area contributed by atoms with Crippen LogP contribution in [0.15, 0.2) is 33.5 Å². The molecule has 0 atom stereocenters. The second-order valence-corrected chi connectivity index (χ2v) is 3.81. The lowest BCUT2D eigenvalue weighted by atomic mass is 10.1. The minimum absolute atomic E-state index is 0.109. The van der Waals surface area contributed by atoms with Gasteiger partial charge in [-0.25, -0.2) is 4.68 Å². The minimum Gasteiger partial charge on any atom is -0.460 e. The highest BCUT2D eigenvalue weighted by atomic mass is 16.3. The number of benzene rings is 1. The first-order valence-corrected chi connectivity index (χ1v) is 5.03. The van der Waals surface area contributed by atoms with Gasteiger partial charge in [-0.1, -0.05) is 12.1 Å². The smallest absolute Gasteiger partial charge is 0.279 e. The predicted molar refractivity (Wildman–Crippen MR) is 60.6 cm³/mol. The third-order valence-corrected chi connectivity index (χ3v) is 2.75. The van der Waals surface area contributed by atoms with E-state index < -0.39 is 0 Å². The van der Waals surface area contributed by atoms with E-state index in [9.17, 15) is 4.79 Å². The van der Waals surface area contributed by atoms with Crippen LogP contribution >= 0.6 is 0 Å². The van der Waals surface area contributed by atoms with Crippen molar-refractivity contribution in [1.82, 2.24) is 9.78 Å². The Hall–Kier alpha value is -2.10. The Kier molecular flexibility index (Phi) is 1.68. The molecule has 0 amide bonds. The zero-order valence-corrected chi connectivity index (χ0v) is 9.02. The number of hydrogen-bond acceptors (Lipinski definition) is 3. The van der Waals surface area contributed by atoms with E-state index in [1.165, 1.54) is 4.68 Å². The molecule has 0 aliphatic carbocycles. The molecule has 4 nitrogen and oxygen atoms in total. The van der Waals surface area contributed by atoms with Crippen LogP contribution < -0.4 is 5.56 Å². The van der Waals surface area contributed by atoms with Gasteiger partial charge in [0.25, 0.3) is 5.56 Å². The fourth-order valence-electron chi connectivity index (χ4n) is 1.98. The molecule has 3 rings (SSSR count). The Morgan fingerprint density at radius 3 is 2.88 bits per heavy atom. The summed E-state index contributed by atoms with van der Waals surface area (Å²) in [5.41, 5.74) is 1.93. The van der Waals surface area contributed by atoms with Gasteiger partial charge in [0.1, 0.15) is 22.6 Å². The maximum absolute atomic E-state index is 11.8. The summed E-state index contributed by atoms with van der Waals surface area (Å²) in [6.45, 7) is 1.79. The van der Waals surface area contributed by atoms with Crippen LogP contribution in [0.5, 0.6) is 0 Å². The van der Waals surface area contributed by atoms with Crippen LogP contribution in [-0.2, 0) is 7.05 Å². The van der Waals surface area contributed by atoms with Crippen molar-refractivity contribution in [3.8, 4) is 11.3 Å².